The van der Waals surface area contributed by atoms with Gasteiger partial charge in [-0.1, -0.05) is 25.7 Å². The highest BCUT2D eigenvalue weighted by atomic mass is 16.2. The Morgan fingerprint density at radius 2 is 1.83 bits per heavy atom. The Balaban J connectivity index is 1.26. The number of carbonyl (C=O) groups is 3. The van der Waals surface area contributed by atoms with E-state index in [1.54, 1.807) is 31.2 Å². The maximum Gasteiger partial charge on any atom is 0.274 e. The first-order valence-corrected chi connectivity index (χ1v) is 13.0. The van der Waals surface area contributed by atoms with Crippen molar-refractivity contribution in [3.05, 3.63) is 29.7 Å². The molecule has 1 aromatic rings. The first kappa shape index (κ1) is 24.5. The van der Waals surface area contributed by atoms with Crippen LogP contribution in [0.25, 0.3) is 0 Å². The monoisotopic (exact) mass is 496 g/mol. The molecule has 5 rings (SSSR count). The number of aromatic nitrogens is 2. The molecule has 194 valence electrons. The van der Waals surface area contributed by atoms with Gasteiger partial charge in [-0.2, -0.15) is 5.10 Å². The summed E-state index contributed by atoms with van der Waals surface area (Å²) in [4.78, 5) is 49.7. The lowest BCUT2D eigenvalue weighted by Crippen LogP contribution is -2.63. The molecule has 36 heavy (non-hydrogen) atoms. The van der Waals surface area contributed by atoms with E-state index in [1.807, 2.05) is 12.3 Å². The number of amides is 3. The van der Waals surface area contributed by atoms with Gasteiger partial charge < -0.3 is 20.4 Å². The average Bonchev–Trinajstić information content (AvgIpc) is 3.15. The molecule has 11 nitrogen and oxygen atoms in total. The molecule has 0 aromatic carbocycles. The molecular formula is C25H36N8O3. The molecule has 1 aliphatic carbocycles. The number of likely N-dealkylation sites (N-methyl/N-ethyl adjacent to an activating group) is 1. The highest BCUT2D eigenvalue weighted by Crippen LogP contribution is 2.27. The summed E-state index contributed by atoms with van der Waals surface area (Å²) in [5.41, 5.74) is -0.492. The van der Waals surface area contributed by atoms with Gasteiger partial charge in [0, 0.05) is 57.7 Å². The van der Waals surface area contributed by atoms with Gasteiger partial charge in [0.25, 0.3) is 11.8 Å². The second-order valence-corrected chi connectivity index (χ2v) is 10.4. The van der Waals surface area contributed by atoms with Gasteiger partial charge in [-0.25, -0.2) is 0 Å². The first-order valence-electron chi connectivity index (χ1n) is 13.0. The van der Waals surface area contributed by atoms with Crippen LogP contribution < -0.4 is 10.6 Å². The molecule has 2 unspecified atom stereocenters. The van der Waals surface area contributed by atoms with E-state index in [9.17, 15) is 14.4 Å². The smallest absolute Gasteiger partial charge is 0.274 e. The van der Waals surface area contributed by atoms with Crippen molar-refractivity contribution in [2.24, 2.45) is 4.99 Å². The van der Waals surface area contributed by atoms with Gasteiger partial charge in [-0.15, -0.1) is 0 Å². The number of fused-ring (bicyclic) bond motifs is 1. The van der Waals surface area contributed by atoms with Gasteiger partial charge in [-0.05, 0) is 25.8 Å². The van der Waals surface area contributed by atoms with Crippen molar-refractivity contribution in [3.8, 4) is 0 Å². The Morgan fingerprint density at radius 3 is 2.50 bits per heavy atom. The predicted octanol–water partition coefficient (Wildman–Crippen LogP) is 0.796. The van der Waals surface area contributed by atoms with Crippen LogP contribution in [-0.2, 0) is 11.3 Å². The van der Waals surface area contributed by atoms with Crippen molar-refractivity contribution in [3.63, 3.8) is 0 Å². The van der Waals surface area contributed by atoms with Crippen LogP contribution in [0.1, 0.15) is 66.4 Å². The van der Waals surface area contributed by atoms with Gasteiger partial charge in [0.05, 0.1) is 6.54 Å². The molecule has 1 aromatic heterocycles. The number of rotatable bonds is 4. The molecule has 2 atom stereocenters. The number of aliphatic imine (C=N–C) groups is 1. The highest BCUT2D eigenvalue weighted by molar-refractivity contribution is 6.01. The zero-order valence-electron chi connectivity index (χ0n) is 21.2. The summed E-state index contributed by atoms with van der Waals surface area (Å²) in [7, 11) is 1.66. The maximum absolute atomic E-state index is 13.4. The fourth-order valence-electron chi connectivity index (χ4n) is 5.49. The van der Waals surface area contributed by atoms with Gasteiger partial charge in [-0.3, -0.25) is 29.0 Å². The number of hydrogen-bond acceptors (Lipinski definition) is 7. The number of carbonyl (C=O) groups excluding carboxylic acids is 3. The van der Waals surface area contributed by atoms with Crippen molar-refractivity contribution >= 4 is 23.9 Å². The first-order chi connectivity index (χ1) is 17.4. The maximum atomic E-state index is 13.4. The Kier molecular flexibility index (Phi) is 6.83. The normalized spacial score (nSPS) is 27.4. The van der Waals surface area contributed by atoms with Gasteiger partial charge in [0.15, 0.2) is 12.0 Å². The molecule has 1 saturated heterocycles. The van der Waals surface area contributed by atoms with Gasteiger partial charge >= 0.3 is 0 Å². The minimum atomic E-state index is -1.07. The molecule has 2 fully saturated rings. The van der Waals surface area contributed by atoms with E-state index in [0.717, 1.165) is 25.7 Å². The molecule has 3 aliphatic heterocycles. The number of hydrogen-bond donors (Lipinski definition) is 2. The molecule has 1 saturated carbocycles. The van der Waals surface area contributed by atoms with E-state index >= 15 is 0 Å². The minimum Gasteiger partial charge on any atom is -0.358 e. The summed E-state index contributed by atoms with van der Waals surface area (Å²) >= 11 is 0. The molecular weight excluding hydrogens is 460 g/mol. The van der Waals surface area contributed by atoms with Crippen molar-refractivity contribution < 1.29 is 14.4 Å². The summed E-state index contributed by atoms with van der Waals surface area (Å²) in [6.07, 6.45) is 11.9. The van der Waals surface area contributed by atoms with E-state index in [-0.39, 0.29) is 42.3 Å². The summed E-state index contributed by atoms with van der Waals surface area (Å²) in [6, 6.07) is 1.70. The topological polar surface area (TPSA) is 115 Å². The van der Waals surface area contributed by atoms with Crippen molar-refractivity contribution in [1.82, 2.24) is 35.1 Å². The van der Waals surface area contributed by atoms with Gasteiger partial charge in [0.1, 0.15) is 11.2 Å². The van der Waals surface area contributed by atoms with E-state index in [4.69, 9.17) is 0 Å². The summed E-state index contributed by atoms with van der Waals surface area (Å²) < 4.78 is 1.53. The standard InChI is InChI=1S/C25H36N8O3/c1-25(23(36)28-18-8-5-3-4-6-9-18)17-33-20(22(35)30(25)2)16-19(29-33)21(34)31-12-14-32(15-13-31)24-26-10-7-11-27-24/h7,10-11,16,18,24,26H,3-6,8-9,12-15,17H2,1-2H3,(H,28,36). The van der Waals surface area contributed by atoms with E-state index in [0.29, 0.717) is 31.9 Å². The van der Waals surface area contributed by atoms with Crippen LogP contribution in [-0.4, -0.2) is 99.5 Å². The number of nitrogens with zero attached hydrogens (tertiary/aromatic N) is 6. The minimum absolute atomic E-state index is 0.109. The Hall–Kier alpha value is -3.21. The van der Waals surface area contributed by atoms with Crippen LogP contribution in [0.3, 0.4) is 0 Å². The van der Waals surface area contributed by atoms with E-state index in [1.165, 1.54) is 22.4 Å². The highest BCUT2D eigenvalue weighted by Gasteiger charge is 2.47. The lowest BCUT2D eigenvalue weighted by atomic mass is 9.95. The van der Waals surface area contributed by atoms with Crippen LogP contribution in [0.15, 0.2) is 23.3 Å². The third-order valence-electron chi connectivity index (χ3n) is 8.00. The van der Waals surface area contributed by atoms with Crippen molar-refractivity contribution in [2.45, 2.75) is 69.9 Å². The number of piperazine rings is 1. The van der Waals surface area contributed by atoms with Gasteiger partial charge in [0.2, 0.25) is 5.91 Å². The van der Waals surface area contributed by atoms with Crippen LogP contribution in [0.4, 0.5) is 0 Å². The van der Waals surface area contributed by atoms with E-state index < -0.39 is 5.54 Å². The largest absolute Gasteiger partial charge is 0.358 e. The lowest BCUT2D eigenvalue weighted by Gasteiger charge is -2.41. The summed E-state index contributed by atoms with van der Waals surface area (Å²) in [6.45, 7) is 4.45. The van der Waals surface area contributed by atoms with Crippen LogP contribution in [0, 0.1) is 0 Å². The van der Waals surface area contributed by atoms with Crippen molar-refractivity contribution in [2.75, 3.05) is 33.2 Å². The number of nitrogens with one attached hydrogen (secondary N) is 2. The fourth-order valence-corrected chi connectivity index (χ4v) is 5.49. The molecule has 0 bridgehead atoms. The van der Waals surface area contributed by atoms with Crippen LogP contribution >= 0.6 is 0 Å². The summed E-state index contributed by atoms with van der Waals surface area (Å²) in [5, 5.41) is 10.9. The molecule has 0 radical (unpaired) electrons. The predicted molar refractivity (Wildman–Crippen MR) is 134 cm³/mol. The molecule has 11 heteroatoms. The van der Waals surface area contributed by atoms with E-state index in [2.05, 4.69) is 25.6 Å². The number of allylic oxidation sites excluding steroid dienone is 1. The third kappa shape index (κ3) is 4.63. The average molecular weight is 497 g/mol. The second-order valence-electron chi connectivity index (χ2n) is 10.4. The zero-order chi connectivity index (χ0) is 25.3. The third-order valence-corrected chi connectivity index (χ3v) is 8.00. The zero-order valence-corrected chi connectivity index (χ0v) is 21.2. The molecule has 3 amide bonds. The van der Waals surface area contributed by atoms with Crippen molar-refractivity contribution in [1.29, 1.82) is 0 Å². The lowest BCUT2D eigenvalue weighted by molar-refractivity contribution is -0.133. The Morgan fingerprint density at radius 1 is 1.11 bits per heavy atom. The fraction of sp³-hybridized carbons (Fsp3) is 0.640. The molecule has 2 N–H and O–H groups in total. The molecule has 4 heterocycles. The molecule has 0 spiro atoms. The second kappa shape index (κ2) is 10.0. The van der Waals surface area contributed by atoms with Crippen LogP contribution in [0.2, 0.25) is 0 Å². The SMILES string of the molecule is CN1C(=O)c2cc(C(=O)N3CCN(C4N=CC=CN4)CC3)nn2CC1(C)C(=O)NC1CCCCCC1. The quantitative estimate of drug-likeness (QED) is 0.596. The Labute approximate surface area is 211 Å². The molecule has 4 aliphatic rings. The van der Waals surface area contributed by atoms with Crippen LogP contribution in [0.5, 0.6) is 0 Å². The summed E-state index contributed by atoms with van der Waals surface area (Å²) in [5.74, 6) is -0.661. The Bertz CT molecular complexity index is 1070.